The lowest BCUT2D eigenvalue weighted by atomic mass is 10.0. The van der Waals surface area contributed by atoms with Gasteiger partial charge >= 0.3 is 5.97 Å². The number of rotatable bonds is 16. The highest BCUT2D eigenvalue weighted by Gasteiger charge is 2.31. The number of nitrogens with zero attached hydrogens (tertiary/aromatic N) is 1. The number of aromatic nitrogens is 1. The number of aliphatic hydroxyl groups excluding tert-OH is 1. The van der Waals surface area contributed by atoms with Crippen LogP contribution in [0.4, 0.5) is 0 Å². The highest BCUT2D eigenvalue weighted by atomic mass is 16.4. The Morgan fingerprint density at radius 3 is 2.17 bits per heavy atom. The molecule has 1 heterocycles. The molecule has 0 aliphatic rings. The van der Waals surface area contributed by atoms with E-state index < -0.39 is 66.8 Å². The molecule has 4 unspecified atom stereocenters. The zero-order valence-electron chi connectivity index (χ0n) is 21.6. The minimum absolute atomic E-state index is 0.0430. The van der Waals surface area contributed by atoms with Crippen LogP contribution >= 0.6 is 0 Å². The molecule has 1 aromatic carbocycles. The summed E-state index contributed by atoms with van der Waals surface area (Å²) in [6, 6.07) is 1.81. The van der Waals surface area contributed by atoms with Gasteiger partial charge in [-0.2, -0.15) is 0 Å². The van der Waals surface area contributed by atoms with Crippen molar-refractivity contribution in [2.75, 3.05) is 13.2 Å². The van der Waals surface area contributed by atoms with Gasteiger partial charge in [0.25, 0.3) is 0 Å². The third-order valence-corrected chi connectivity index (χ3v) is 5.87. The molecule has 2 aromatic rings. The van der Waals surface area contributed by atoms with Gasteiger partial charge in [-0.15, -0.1) is 0 Å². The van der Waals surface area contributed by atoms with Gasteiger partial charge in [-0.1, -0.05) is 18.2 Å². The number of aromatic amines is 1. The first kappa shape index (κ1) is 31.5. The van der Waals surface area contributed by atoms with Crippen LogP contribution in [0.25, 0.3) is 10.9 Å². The minimum Gasteiger partial charge on any atom is -0.480 e. The Hall–Kier alpha value is -4.70. The number of hydrogen-bond donors (Lipinski definition) is 10. The van der Waals surface area contributed by atoms with Gasteiger partial charge in [-0.3, -0.25) is 24.2 Å². The van der Waals surface area contributed by atoms with Gasteiger partial charge in [0.05, 0.1) is 19.1 Å². The molecule has 0 aliphatic heterocycles. The summed E-state index contributed by atoms with van der Waals surface area (Å²) in [6.07, 6.45) is 1.37. The average Bonchev–Trinajstić information content (AvgIpc) is 3.30. The first-order valence-corrected chi connectivity index (χ1v) is 12.3. The highest BCUT2D eigenvalue weighted by Crippen LogP contribution is 2.18. The van der Waals surface area contributed by atoms with Crippen LogP contribution in [0.5, 0.6) is 0 Å². The normalized spacial score (nSPS) is 13.8. The third-order valence-electron chi connectivity index (χ3n) is 5.87. The van der Waals surface area contributed by atoms with Gasteiger partial charge in [0, 0.05) is 23.6 Å². The number of carboxylic acid groups (broad SMARTS) is 1. The van der Waals surface area contributed by atoms with E-state index in [0.29, 0.717) is 0 Å². The molecule has 4 amide bonds. The smallest absolute Gasteiger partial charge is 0.326 e. The van der Waals surface area contributed by atoms with Gasteiger partial charge in [0.2, 0.25) is 23.6 Å². The zero-order valence-corrected chi connectivity index (χ0v) is 21.6. The number of primary amides is 1. The number of carboxylic acids is 1. The molecule has 1 aromatic heterocycles. The van der Waals surface area contributed by atoms with E-state index in [-0.39, 0.29) is 31.8 Å². The first-order valence-electron chi connectivity index (χ1n) is 12.3. The molecule has 14 N–H and O–H groups in total. The van der Waals surface area contributed by atoms with Crippen molar-refractivity contribution < 1.29 is 34.2 Å². The zero-order chi connectivity index (χ0) is 29.8. The van der Waals surface area contributed by atoms with Crippen LogP contribution in [0, 0.1) is 0 Å². The van der Waals surface area contributed by atoms with E-state index in [4.69, 9.17) is 22.9 Å². The number of para-hydroxylation sites is 1. The Morgan fingerprint density at radius 1 is 0.925 bits per heavy atom. The van der Waals surface area contributed by atoms with E-state index in [0.717, 1.165) is 16.5 Å². The number of hydrogen-bond acceptors (Lipinski definition) is 8. The number of guanidine groups is 1. The largest absolute Gasteiger partial charge is 0.480 e. The first-order chi connectivity index (χ1) is 18.9. The Balaban J connectivity index is 2.03. The fraction of sp³-hybridized carbons (Fsp3) is 0.417. The second-order valence-electron chi connectivity index (χ2n) is 8.99. The predicted molar refractivity (Wildman–Crippen MR) is 144 cm³/mol. The van der Waals surface area contributed by atoms with Gasteiger partial charge in [0.15, 0.2) is 5.96 Å². The van der Waals surface area contributed by atoms with Crippen LogP contribution in [0.3, 0.4) is 0 Å². The predicted octanol–water partition coefficient (Wildman–Crippen LogP) is -3.50. The number of H-pyrrole nitrogens is 1. The van der Waals surface area contributed by atoms with E-state index in [9.17, 15) is 34.2 Å². The number of aliphatic hydroxyl groups is 1. The summed E-state index contributed by atoms with van der Waals surface area (Å²) in [6.45, 7) is -0.783. The van der Waals surface area contributed by atoms with Crippen LogP contribution in [0.1, 0.15) is 24.8 Å². The van der Waals surface area contributed by atoms with Crippen LogP contribution in [-0.4, -0.2) is 88.1 Å². The second-order valence-corrected chi connectivity index (χ2v) is 8.99. The summed E-state index contributed by atoms with van der Waals surface area (Å²) in [5.41, 5.74) is 23.3. The quantitative estimate of drug-likeness (QED) is 0.0547. The lowest BCUT2D eigenvalue weighted by Crippen LogP contribution is -2.58. The molecule has 40 heavy (non-hydrogen) atoms. The van der Waals surface area contributed by atoms with Gasteiger partial charge in [-0.25, -0.2) is 4.79 Å². The molecule has 2 rings (SSSR count). The van der Waals surface area contributed by atoms with Crippen molar-refractivity contribution in [1.82, 2.24) is 20.9 Å². The van der Waals surface area contributed by atoms with Crippen LogP contribution in [0.2, 0.25) is 0 Å². The van der Waals surface area contributed by atoms with Crippen molar-refractivity contribution in [2.45, 2.75) is 49.9 Å². The van der Waals surface area contributed by atoms with Crippen LogP contribution in [-0.2, 0) is 30.4 Å². The third kappa shape index (κ3) is 9.55. The number of carbonyl (C=O) groups excluding carboxylic acids is 4. The molecule has 0 spiro atoms. The standard InChI is InChI=1S/C24H35N9O7/c25-14(8-12-10-30-15-5-2-1-4-13(12)15)20(36)32-17(9-19(26)35)21(37)33-18(11-34)22(38)31-16(23(39)40)6-3-7-29-24(27)28/h1-2,4-5,10,14,16-18,30,34H,3,6-9,11,25H2,(H2,26,35)(H,31,38)(H,32,36)(H,33,37)(H,39,40)(H4,27,28,29). The summed E-state index contributed by atoms with van der Waals surface area (Å²) < 4.78 is 0. The number of benzene rings is 1. The summed E-state index contributed by atoms with van der Waals surface area (Å²) in [7, 11) is 0. The van der Waals surface area contributed by atoms with Gasteiger partial charge in [0.1, 0.15) is 18.1 Å². The molecule has 0 bridgehead atoms. The maximum Gasteiger partial charge on any atom is 0.326 e. The lowest BCUT2D eigenvalue weighted by molar-refractivity contribution is -0.143. The van der Waals surface area contributed by atoms with Crippen molar-refractivity contribution in [3.63, 3.8) is 0 Å². The summed E-state index contributed by atoms with van der Waals surface area (Å²) >= 11 is 0. The number of nitrogens with one attached hydrogen (secondary N) is 4. The molecule has 0 saturated carbocycles. The Morgan fingerprint density at radius 2 is 1.55 bits per heavy atom. The van der Waals surface area contributed by atoms with Crippen molar-refractivity contribution >= 4 is 46.5 Å². The second kappa shape index (κ2) is 15.0. The summed E-state index contributed by atoms with van der Waals surface area (Å²) in [5.74, 6) is -5.24. The maximum absolute atomic E-state index is 12.9. The number of carbonyl (C=O) groups is 5. The number of amides is 4. The lowest BCUT2D eigenvalue weighted by Gasteiger charge is -2.23. The van der Waals surface area contributed by atoms with E-state index in [1.165, 1.54) is 0 Å². The molecule has 16 nitrogen and oxygen atoms in total. The van der Waals surface area contributed by atoms with Crippen molar-refractivity contribution in [3.05, 3.63) is 36.0 Å². The van der Waals surface area contributed by atoms with Crippen molar-refractivity contribution in [2.24, 2.45) is 27.9 Å². The molecule has 0 aliphatic carbocycles. The number of aliphatic imine (C=N–C) groups is 1. The topological polar surface area (TPSA) is 294 Å². The fourth-order valence-electron chi connectivity index (χ4n) is 3.82. The molecule has 16 heteroatoms. The molecule has 218 valence electrons. The SMILES string of the molecule is NC(=O)CC(NC(=O)C(N)Cc1c[nH]c2ccccc12)C(=O)NC(CO)C(=O)NC(CCCN=C(N)N)C(=O)O. The monoisotopic (exact) mass is 561 g/mol. The van der Waals surface area contributed by atoms with E-state index >= 15 is 0 Å². The van der Waals surface area contributed by atoms with Gasteiger partial charge < -0.3 is 54.1 Å². The Kier molecular flexibility index (Phi) is 11.8. The van der Waals surface area contributed by atoms with Crippen molar-refractivity contribution in [3.8, 4) is 0 Å². The summed E-state index contributed by atoms with van der Waals surface area (Å²) in [4.78, 5) is 68.2. The molecule has 0 radical (unpaired) electrons. The number of aliphatic carboxylic acids is 1. The summed E-state index contributed by atoms with van der Waals surface area (Å²) in [5, 5.41) is 26.7. The molecular formula is C24H35N9O7. The minimum atomic E-state index is -1.60. The molecular weight excluding hydrogens is 526 g/mol. The number of nitrogens with two attached hydrogens (primary N) is 4. The van der Waals surface area contributed by atoms with Crippen molar-refractivity contribution in [1.29, 1.82) is 0 Å². The molecule has 0 fully saturated rings. The fourth-order valence-corrected chi connectivity index (χ4v) is 3.82. The maximum atomic E-state index is 12.9. The van der Waals surface area contributed by atoms with E-state index in [1.807, 2.05) is 24.3 Å². The van der Waals surface area contributed by atoms with Gasteiger partial charge in [-0.05, 0) is 30.9 Å². The Labute approximate surface area is 228 Å². The highest BCUT2D eigenvalue weighted by molar-refractivity contribution is 5.96. The average molecular weight is 562 g/mol. The Bertz CT molecular complexity index is 1240. The molecule has 4 atom stereocenters. The molecule has 0 saturated heterocycles. The number of fused-ring (bicyclic) bond motifs is 1. The van der Waals surface area contributed by atoms with Crippen LogP contribution < -0.4 is 38.9 Å². The van der Waals surface area contributed by atoms with E-state index in [1.54, 1.807) is 6.20 Å². The van der Waals surface area contributed by atoms with Crippen LogP contribution in [0.15, 0.2) is 35.5 Å². The van der Waals surface area contributed by atoms with E-state index in [2.05, 4.69) is 25.9 Å².